The molecule has 0 bridgehead atoms. The van der Waals surface area contributed by atoms with Gasteiger partial charge >= 0.3 is 0 Å². The minimum Gasteiger partial charge on any atom is -0.397 e. The number of hydrogen-bond acceptors (Lipinski definition) is 3. The number of nitrogens with zero attached hydrogens (tertiary/aromatic N) is 1. The molecule has 2 aromatic rings. The molecule has 0 aliphatic carbocycles. The monoisotopic (exact) mass is 267 g/mol. The molecule has 1 aromatic heterocycles. The maximum Gasteiger partial charge on any atom is 0.133 e. The second kappa shape index (κ2) is 4.82. The summed E-state index contributed by atoms with van der Waals surface area (Å²) in [5.41, 5.74) is 8.03. The summed E-state index contributed by atoms with van der Waals surface area (Å²) in [6.45, 7) is 1.93. The van der Waals surface area contributed by atoms with E-state index in [2.05, 4.69) is 10.3 Å². The number of anilines is 3. The van der Waals surface area contributed by atoms with Crippen LogP contribution in [0.15, 0.2) is 30.5 Å². The first-order chi connectivity index (χ1) is 8.04. The molecule has 0 spiro atoms. The molecule has 0 aliphatic heterocycles. The zero-order valence-corrected chi connectivity index (χ0v) is 10.7. The number of nitrogens with two attached hydrogens (primary N) is 1. The highest BCUT2D eigenvalue weighted by Crippen LogP contribution is 2.26. The lowest BCUT2D eigenvalue weighted by atomic mass is 10.2. The number of benzene rings is 1. The van der Waals surface area contributed by atoms with Crippen molar-refractivity contribution in [2.24, 2.45) is 0 Å². The second-order valence-corrected chi connectivity index (χ2v) is 4.59. The number of hydrogen-bond donors (Lipinski definition) is 2. The smallest absolute Gasteiger partial charge is 0.133 e. The van der Waals surface area contributed by atoms with Crippen LogP contribution in [0.2, 0.25) is 10.0 Å². The molecular formula is C12H11Cl2N3. The molecule has 0 fully saturated rings. The lowest BCUT2D eigenvalue weighted by Gasteiger charge is -2.09. The fourth-order valence-corrected chi connectivity index (χ4v) is 2.02. The van der Waals surface area contributed by atoms with E-state index in [4.69, 9.17) is 28.9 Å². The van der Waals surface area contributed by atoms with Crippen LogP contribution in [0.1, 0.15) is 5.56 Å². The van der Waals surface area contributed by atoms with Gasteiger partial charge in [0.1, 0.15) is 5.82 Å². The van der Waals surface area contributed by atoms with Crippen molar-refractivity contribution in [1.82, 2.24) is 4.98 Å². The Bertz CT molecular complexity index is 535. The van der Waals surface area contributed by atoms with Gasteiger partial charge in [0, 0.05) is 15.7 Å². The van der Waals surface area contributed by atoms with Crippen LogP contribution >= 0.6 is 23.2 Å². The van der Waals surface area contributed by atoms with E-state index in [1.165, 1.54) is 0 Å². The van der Waals surface area contributed by atoms with Crippen LogP contribution in [0.4, 0.5) is 17.2 Å². The predicted octanol–water partition coefficient (Wildman–Crippen LogP) is 4.02. The van der Waals surface area contributed by atoms with E-state index in [0.29, 0.717) is 15.7 Å². The van der Waals surface area contributed by atoms with Gasteiger partial charge in [-0.25, -0.2) is 4.98 Å². The van der Waals surface area contributed by atoms with Crippen LogP contribution in [0.3, 0.4) is 0 Å². The number of halogens is 2. The lowest BCUT2D eigenvalue weighted by Crippen LogP contribution is -1.98. The van der Waals surface area contributed by atoms with Gasteiger partial charge in [0.25, 0.3) is 0 Å². The van der Waals surface area contributed by atoms with Gasteiger partial charge < -0.3 is 11.1 Å². The summed E-state index contributed by atoms with van der Waals surface area (Å²) >= 11 is 11.8. The maximum atomic E-state index is 5.92. The van der Waals surface area contributed by atoms with Crippen molar-refractivity contribution in [3.63, 3.8) is 0 Å². The Hall–Kier alpha value is -1.45. The summed E-state index contributed by atoms with van der Waals surface area (Å²) in [6, 6.07) is 7.09. The van der Waals surface area contributed by atoms with E-state index in [1.807, 2.05) is 13.0 Å². The molecule has 3 nitrogen and oxygen atoms in total. The molecule has 1 heterocycles. The van der Waals surface area contributed by atoms with Crippen LogP contribution in [0.5, 0.6) is 0 Å². The Kier molecular flexibility index (Phi) is 3.41. The Morgan fingerprint density at radius 2 is 1.76 bits per heavy atom. The Morgan fingerprint density at radius 3 is 2.35 bits per heavy atom. The topological polar surface area (TPSA) is 50.9 Å². The summed E-state index contributed by atoms with van der Waals surface area (Å²) in [7, 11) is 0. The Balaban J connectivity index is 2.31. The number of nitrogens with one attached hydrogen (secondary N) is 1. The lowest BCUT2D eigenvalue weighted by molar-refractivity contribution is 1.26. The molecular weight excluding hydrogens is 257 g/mol. The van der Waals surface area contributed by atoms with Gasteiger partial charge in [-0.1, -0.05) is 23.2 Å². The number of nitrogen functional groups attached to an aromatic ring is 1. The SMILES string of the molecule is Cc1cc(N)cnc1Nc1cc(Cl)cc(Cl)c1. The normalized spacial score (nSPS) is 10.3. The first kappa shape index (κ1) is 12.0. The number of aromatic nitrogens is 1. The van der Waals surface area contributed by atoms with E-state index >= 15 is 0 Å². The van der Waals surface area contributed by atoms with Gasteiger partial charge in [-0.05, 0) is 36.8 Å². The van der Waals surface area contributed by atoms with Crippen molar-refractivity contribution < 1.29 is 0 Å². The molecule has 1 aromatic carbocycles. The maximum absolute atomic E-state index is 5.92. The van der Waals surface area contributed by atoms with Crippen LogP contribution in [0.25, 0.3) is 0 Å². The molecule has 3 N–H and O–H groups in total. The number of pyridine rings is 1. The third-order valence-electron chi connectivity index (χ3n) is 2.22. The Labute approximate surface area is 110 Å². The second-order valence-electron chi connectivity index (χ2n) is 3.72. The molecule has 0 atom stereocenters. The molecule has 2 rings (SSSR count). The average Bonchev–Trinajstić information content (AvgIpc) is 2.21. The van der Waals surface area contributed by atoms with E-state index in [-0.39, 0.29) is 0 Å². The quantitative estimate of drug-likeness (QED) is 0.864. The molecule has 0 aliphatic rings. The third-order valence-corrected chi connectivity index (χ3v) is 2.66. The predicted molar refractivity (Wildman–Crippen MR) is 73.1 cm³/mol. The summed E-state index contributed by atoms with van der Waals surface area (Å²) in [4.78, 5) is 4.21. The third kappa shape index (κ3) is 3.02. The highest BCUT2D eigenvalue weighted by atomic mass is 35.5. The molecule has 0 amide bonds. The minimum absolute atomic E-state index is 0.577. The van der Waals surface area contributed by atoms with E-state index in [0.717, 1.165) is 17.1 Å². The number of rotatable bonds is 2. The first-order valence-corrected chi connectivity index (χ1v) is 5.75. The first-order valence-electron chi connectivity index (χ1n) is 5.00. The highest BCUT2D eigenvalue weighted by molar-refractivity contribution is 6.35. The van der Waals surface area contributed by atoms with Crippen LogP contribution in [-0.4, -0.2) is 4.98 Å². The van der Waals surface area contributed by atoms with Gasteiger partial charge in [-0.3, -0.25) is 0 Å². The molecule has 88 valence electrons. The summed E-state index contributed by atoms with van der Waals surface area (Å²) in [6.07, 6.45) is 1.60. The van der Waals surface area contributed by atoms with Crippen LogP contribution < -0.4 is 11.1 Å². The van der Waals surface area contributed by atoms with Crippen molar-refractivity contribution in [2.75, 3.05) is 11.1 Å². The standard InChI is InChI=1S/C12H11Cl2N3/c1-7-2-10(15)6-16-12(7)17-11-4-8(13)3-9(14)5-11/h2-6H,15H2,1H3,(H,16,17). The zero-order valence-electron chi connectivity index (χ0n) is 9.17. The fourth-order valence-electron chi connectivity index (χ4n) is 1.49. The van der Waals surface area contributed by atoms with Crippen molar-refractivity contribution in [1.29, 1.82) is 0 Å². The molecule has 5 heteroatoms. The van der Waals surface area contributed by atoms with Gasteiger partial charge in [0.05, 0.1) is 11.9 Å². The molecule has 17 heavy (non-hydrogen) atoms. The summed E-state index contributed by atoms with van der Waals surface area (Å²) in [5, 5.41) is 4.30. The summed E-state index contributed by atoms with van der Waals surface area (Å²) < 4.78 is 0. The summed E-state index contributed by atoms with van der Waals surface area (Å²) in [5.74, 6) is 0.734. The van der Waals surface area contributed by atoms with Gasteiger partial charge in [-0.15, -0.1) is 0 Å². The van der Waals surface area contributed by atoms with Crippen molar-refractivity contribution in [3.05, 3.63) is 46.1 Å². The molecule has 0 unspecified atom stereocenters. The van der Waals surface area contributed by atoms with E-state index in [1.54, 1.807) is 24.4 Å². The number of aryl methyl sites for hydroxylation is 1. The van der Waals surface area contributed by atoms with E-state index in [9.17, 15) is 0 Å². The van der Waals surface area contributed by atoms with Gasteiger partial charge in [0.15, 0.2) is 0 Å². The van der Waals surface area contributed by atoms with Crippen LogP contribution in [-0.2, 0) is 0 Å². The van der Waals surface area contributed by atoms with Crippen molar-refractivity contribution >= 4 is 40.4 Å². The van der Waals surface area contributed by atoms with Gasteiger partial charge in [-0.2, -0.15) is 0 Å². The van der Waals surface area contributed by atoms with E-state index < -0.39 is 0 Å². The highest BCUT2D eigenvalue weighted by Gasteiger charge is 2.03. The molecule has 0 radical (unpaired) electrons. The average molecular weight is 268 g/mol. The van der Waals surface area contributed by atoms with Gasteiger partial charge in [0.2, 0.25) is 0 Å². The zero-order chi connectivity index (χ0) is 12.4. The molecule has 0 saturated carbocycles. The van der Waals surface area contributed by atoms with Crippen molar-refractivity contribution in [3.8, 4) is 0 Å². The fraction of sp³-hybridized carbons (Fsp3) is 0.0833. The molecule has 0 saturated heterocycles. The van der Waals surface area contributed by atoms with Crippen molar-refractivity contribution in [2.45, 2.75) is 6.92 Å². The van der Waals surface area contributed by atoms with Crippen LogP contribution in [0, 0.1) is 6.92 Å². The Morgan fingerprint density at radius 1 is 1.12 bits per heavy atom. The minimum atomic E-state index is 0.577. The largest absolute Gasteiger partial charge is 0.397 e.